The Balaban J connectivity index is 3.55. The molecule has 7 nitrogen and oxygen atoms in total. The van der Waals surface area contributed by atoms with Gasteiger partial charge in [-0.05, 0) is 78.9 Å². The van der Waals surface area contributed by atoms with Gasteiger partial charge in [-0.2, -0.15) is 0 Å². The highest BCUT2D eigenvalue weighted by atomic mass is 16.6. The van der Waals surface area contributed by atoms with Crippen molar-refractivity contribution in [2.45, 2.75) is 119 Å². The number of alkyl carbamates (subject to hydrolysis) is 1. The predicted octanol–water partition coefficient (Wildman–Crippen LogP) is 5.83. The van der Waals surface area contributed by atoms with Crippen molar-refractivity contribution >= 4 is 17.9 Å². The third kappa shape index (κ3) is 9.47. The summed E-state index contributed by atoms with van der Waals surface area (Å²) in [5, 5.41) is 5.84. The van der Waals surface area contributed by atoms with Crippen LogP contribution in [0.4, 0.5) is 4.79 Å². The number of hydrogen-bond donors (Lipinski definition) is 2. The van der Waals surface area contributed by atoms with Crippen LogP contribution in [0.2, 0.25) is 0 Å². The molecule has 1 aromatic rings. The second kappa shape index (κ2) is 13.1. The molecule has 2 unspecified atom stereocenters. The Labute approximate surface area is 218 Å². The van der Waals surface area contributed by atoms with E-state index in [0.29, 0.717) is 6.54 Å². The first-order valence-electron chi connectivity index (χ1n) is 13.2. The standard InChI is InChI=1S/C29H49N3O4/c1-12-13-14-17-30-25(33)24(22-18-20(4)15-16-21(22)5)32(28(6,7)8)26(34)23(19(2)3)31-27(35)36-29(9,10)11/h15-16,18-19,23-24H,12-14,17H2,1-11H3,(H,30,33)(H,31,35). The Bertz CT molecular complexity index is 897. The molecule has 0 radical (unpaired) electrons. The van der Waals surface area contributed by atoms with Crippen molar-refractivity contribution in [3.8, 4) is 0 Å². The lowest BCUT2D eigenvalue weighted by molar-refractivity contribution is -0.149. The van der Waals surface area contributed by atoms with Crippen molar-refractivity contribution in [3.05, 3.63) is 34.9 Å². The number of carbonyl (C=O) groups is 3. The molecular weight excluding hydrogens is 454 g/mol. The second-order valence-corrected chi connectivity index (χ2v) is 12.0. The molecule has 3 amide bonds. The largest absolute Gasteiger partial charge is 0.444 e. The average Bonchev–Trinajstić information content (AvgIpc) is 2.72. The molecule has 2 atom stereocenters. The monoisotopic (exact) mass is 503 g/mol. The summed E-state index contributed by atoms with van der Waals surface area (Å²) >= 11 is 0. The van der Waals surface area contributed by atoms with Gasteiger partial charge in [0.05, 0.1) is 0 Å². The second-order valence-electron chi connectivity index (χ2n) is 12.0. The highest BCUT2D eigenvalue weighted by molar-refractivity contribution is 5.93. The SMILES string of the molecule is CCCCCNC(=O)C(c1cc(C)ccc1C)N(C(=O)C(NC(=O)OC(C)(C)C)C(C)C)C(C)(C)C. The fraction of sp³-hybridized carbons (Fsp3) is 0.690. The summed E-state index contributed by atoms with van der Waals surface area (Å²) in [7, 11) is 0. The lowest BCUT2D eigenvalue weighted by atomic mass is 9.90. The van der Waals surface area contributed by atoms with Crippen molar-refractivity contribution < 1.29 is 19.1 Å². The van der Waals surface area contributed by atoms with Crippen molar-refractivity contribution in [1.82, 2.24) is 15.5 Å². The van der Waals surface area contributed by atoms with E-state index in [1.165, 1.54) is 0 Å². The van der Waals surface area contributed by atoms with E-state index >= 15 is 0 Å². The van der Waals surface area contributed by atoms with Crippen LogP contribution in [-0.2, 0) is 14.3 Å². The van der Waals surface area contributed by atoms with Gasteiger partial charge in [0.15, 0.2) is 0 Å². The third-order valence-corrected chi connectivity index (χ3v) is 5.88. The van der Waals surface area contributed by atoms with Crippen LogP contribution in [0.3, 0.4) is 0 Å². The first kappa shape index (κ1) is 31.5. The number of rotatable bonds is 10. The van der Waals surface area contributed by atoms with Gasteiger partial charge in [-0.15, -0.1) is 0 Å². The predicted molar refractivity (Wildman–Crippen MR) is 146 cm³/mol. The number of amides is 3. The topological polar surface area (TPSA) is 87.7 Å². The fourth-order valence-electron chi connectivity index (χ4n) is 4.08. The maximum Gasteiger partial charge on any atom is 0.408 e. The summed E-state index contributed by atoms with van der Waals surface area (Å²) < 4.78 is 5.44. The number of carbonyl (C=O) groups excluding carboxylic acids is 3. The average molecular weight is 504 g/mol. The maximum absolute atomic E-state index is 14.2. The zero-order valence-corrected chi connectivity index (χ0v) is 24.4. The Morgan fingerprint density at radius 3 is 2.11 bits per heavy atom. The minimum Gasteiger partial charge on any atom is -0.444 e. The summed E-state index contributed by atoms with van der Waals surface area (Å²) in [6, 6.07) is 4.25. The van der Waals surface area contributed by atoms with E-state index in [9.17, 15) is 14.4 Å². The molecule has 0 aromatic heterocycles. The van der Waals surface area contributed by atoms with Crippen LogP contribution in [-0.4, -0.2) is 46.5 Å². The minimum atomic E-state index is -0.861. The number of aryl methyl sites for hydroxylation is 2. The Kier molecular flexibility index (Phi) is 11.5. The maximum atomic E-state index is 14.2. The molecule has 0 spiro atoms. The highest BCUT2D eigenvalue weighted by Gasteiger charge is 2.43. The van der Waals surface area contributed by atoms with Gasteiger partial charge in [0.2, 0.25) is 11.8 Å². The fourth-order valence-corrected chi connectivity index (χ4v) is 4.08. The lowest BCUT2D eigenvalue weighted by Gasteiger charge is -2.44. The summed E-state index contributed by atoms with van der Waals surface area (Å²) in [5.74, 6) is -0.762. The molecule has 0 aliphatic rings. The summed E-state index contributed by atoms with van der Waals surface area (Å²) in [6.07, 6.45) is 2.29. The molecule has 0 saturated heterocycles. The molecule has 0 fully saturated rings. The van der Waals surface area contributed by atoms with E-state index in [0.717, 1.165) is 36.0 Å². The molecule has 204 valence electrons. The molecule has 1 aromatic carbocycles. The molecule has 7 heteroatoms. The molecular formula is C29H49N3O4. The molecule has 0 aliphatic carbocycles. The lowest BCUT2D eigenvalue weighted by Crippen LogP contribution is -2.60. The van der Waals surface area contributed by atoms with E-state index in [1.807, 2.05) is 66.7 Å². The smallest absolute Gasteiger partial charge is 0.408 e. The van der Waals surface area contributed by atoms with Crippen LogP contribution >= 0.6 is 0 Å². The van der Waals surface area contributed by atoms with Gasteiger partial charge in [-0.3, -0.25) is 9.59 Å². The molecule has 1 rings (SSSR count). The Hall–Kier alpha value is -2.57. The van der Waals surface area contributed by atoms with E-state index in [1.54, 1.807) is 25.7 Å². The van der Waals surface area contributed by atoms with E-state index < -0.39 is 29.3 Å². The summed E-state index contributed by atoms with van der Waals surface area (Å²) in [6.45, 7) is 21.4. The molecule has 0 bridgehead atoms. The minimum absolute atomic E-state index is 0.220. The van der Waals surface area contributed by atoms with Crippen molar-refractivity contribution in [3.63, 3.8) is 0 Å². The number of benzene rings is 1. The number of hydrogen-bond acceptors (Lipinski definition) is 4. The first-order chi connectivity index (χ1) is 16.5. The van der Waals surface area contributed by atoms with Gasteiger partial charge in [-0.25, -0.2) is 4.79 Å². The van der Waals surface area contributed by atoms with Crippen molar-refractivity contribution in [2.75, 3.05) is 6.54 Å². The van der Waals surface area contributed by atoms with E-state index in [4.69, 9.17) is 4.74 Å². The van der Waals surface area contributed by atoms with Crippen LogP contribution in [0.5, 0.6) is 0 Å². The van der Waals surface area contributed by atoms with Crippen LogP contribution in [0.25, 0.3) is 0 Å². The normalized spacial score (nSPS) is 13.7. The van der Waals surface area contributed by atoms with E-state index in [2.05, 4.69) is 17.6 Å². The zero-order valence-electron chi connectivity index (χ0n) is 24.4. The van der Waals surface area contributed by atoms with Crippen molar-refractivity contribution in [2.24, 2.45) is 5.92 Å². The van der Waals surface area contributed by atoms with Gasteiger partial charge in [-0.1, -0.05) is 57.4 Å². The van der Waals surface area contributed by atoms with Gasteiger partial charge < -0.3 is 20.3 Å². The Morgan fingerprint density at radius 1 is 1.00 bits per heavy atom. The highest BCUT2D eigenvalue weighted by Crippen LogP contribution is 2.33. The number of nitrogens with one attached hydrogen (secondary N) is 2. The van der Waals surface area contributed by atoms with Crippen LogP contribution in [0, 0.1) is 19.8 Å². The van der Waals surface area contributed by atoms with Gasteiger partial charge >= 0.3 is 6.09 Å². The van der Waals surface area contributed by atoms with E-state index in [-0.39, 0.29) is 17.7 Å². The third-order valence-electron chi connectivity index (χ3n) is 5.88. The van der Waals surface area contributed by atoms with Crippen LogP contribution in [0.15, 0.2) is 18.2 Å². The molecule has 0 heterocycles. The quantitative estimate of drug-likeness (QED) is 0.393. The summed E-state index contributed by atoms with van der Waals surface area (Å²) in [4.78, 5) is 42.2. The molecule has 0 saturated carbocycles. The molecule has 36 heavy (non-hydrogen) atoms. The van der Waals surface area contributed by atoms with Crippen LogP contribution in [0.1, 0.15) is 104 Å². The zero-order chi connectivity index (χ0) is 27.8. The van der Waals surface area contributed by atoms with Gasteiger partial charge in [0.25, 0.3) is 0 Å². The van der Waals surface area contributed by atoms with Gasteiger partial charge in [0.1, 0.15) is 17.7 Å². The van der Waals surface area contributed by atoms with Crippen molar-refractivity contribution in [1.29, 1.82) is 0 Å². The summed E-state index contributed by atoms with van der Waals surface area (Å²) in [5.41, 5.74) is 1.32. The van der Waals surface area contributed by atoms with Gasteiger partial charge in [0, 0.05) is 12.1 Å². The number of ether oxygens (including phenoxy) is 1. The molecule has 0 aliphatic heterocycles. The van der Waals surface area contributed by atoms with Crippen LogP contribution < -0.4 is 10.6 Å². The first-order valence-corrected chi connectivity index (χ1v) is 13.2. The molecule has 2 N–H and O–H groups in total. The number of nitrogens with zero attached hydrogens (tertiary/aromatic N) is 1. The Morgan fingerprint density at radius 2 is 1.61 bits per heavy atom. The number of unbranched alkanes of at least 4 members (excludes halogenated alkanes) is 2.